The second-order valence-corrected chi connectivity index (χ2v) is 1.86. The third kappa shape index (κ3) is 1.41. The topological polar surface area (TPSA) is 70.5 Å². The maximum Gasteiger partial charge on any atom is 0.193 e. The maximum absolute atomic E-state index is 5.31. The fourth-order valence-electron chi connectivity index (χ4n) is 0.564. The molecule has 48 valence electrons. The van der Waals surface area contributed by atoms with E-state index in [9.17, 15) is 0 Å². The van der Waals surface area contributed by atoms with Crippen LogP contribution in [0.2, 0.25) is 0 Å². The highest BCUT2D eigenvalue weighted by Crippen LogP contribution is 2.00. The lowest BCUT2D eigenvalue weighted by atomic mass is 10.4. The van der Waals surface area contributed by atoms with Gasteiger partial charge in [0.15, 0.2) is 5.85 Å². The Balaban J connectivity index is 2.33. The minimum atomic E-state index is -1.04. The summed E-state index contributed by atoms with van der Waals surface area (Å²) in [5, 5.41) is 0. The summed E-state index contributed by atoms with van der Waals surface area (Å²) in [6, 6.07) is 0. The Morgan fingerprint density at radius 3 is 2.25 bits per heavy atom. The van der Waals surface area contributed by atoms with Gasteiger partial charge in [-0.2, -0.15) is 0 Å². The van der Waals surface area contributed by atoms with E-state index in [1.807, 2.05) is 0 Å². The minimum absolute atomic E-state index is 0.285. The molecule has 1 aliphatic heterocycles. The van der Waals surface area contributed by atoms with Crippen LogP contribution in [0.15, 0.2) is 0 Å². The molecule has 0 unspecified atom stereocenters. The van der Waals surface area contributed by atoms with Crippen LogP contribution in [0.3, 0.4) is 0 Å². The Bertz CT molecular complexity index is 76.1. The average molecular weight is 118 g/mol. The predicted molar refractivity (Wildman–Crippen MR) is 27.9 cm³/mol. The number of hydrogen-bond donors (Lipinski definition) is 2. The Labute approximate surface area is 47.7 Å². The first-order valence-corrected chi connectivity index (χ1v) is 2.50. The van der Waals surface area contributed by atoms with Crippen molar-refractivity contribution in [3.8, 4) is 0 Å². The molecule has 0 radical (unpaired) electrons. The van der Waals surface area contributed by atoms with Crippen LogP contribution in [0.4, 0.5) is 0 Å². The predicted octanol–water partition coefficient (Wildman–Crippen LogP) is -1.40. The largest absolute Gasteiger partial charge is 0.373 e. The van der Waals surface area contributed by atoms with Gasteiger partial charge in [-0.15, -0.1) is 0 Å². The summed E-state index contributed by atoms with van der Waals surface area (Å²) in [7, 11) is 0. The average Bonchev–Trinajstić information content (AvgIpc) is 1.65. The first-order valence-electron chi connectivity index (χ1n) is 2.50. The van der Waals surface area contributed by atoms with Crippen LogP contribution in [0, 0.1) is 0 Å². The van der Waals surface area contributed by atoms with E-state index >= 15 is 0 Å². The van der Waals surface area contributed by atoms with Gasteiger partial charge in [0.1, 0.15) is 6.61 Å². The minimum Gasteiger partial charge on any atom is -0.373 e. The van der Waals surface area contributed by atoms with Gasteiger partial charge < -0.3 is 9.47 Å². The molecule has 0 aromatic heterocycles. The molecule has 0 aromatic rings. The Kier molecular flexibility index (Phi) is 1.48. The van der Waals surface area contributed by atoms with E-state index < -0.39 is 5.85 Å². The SMILES string of the molecule is NC1(N)COCCO1. The van der Waals surface area contributed by atoms with Crippen LogP contribution < -0.4 is 11.5 Å². The van der Waals surface area contributed by atoms with Crippen molar-refractivity contribution in [2.75, 3.05) is 19.8 Å². The highest BCUT2D eigenvalue weighted by atomic mass is 16.6. The van der Waals surface area contributed by atoms with Gasteiger partial charge in [-0.3, -0.25) is 11.5 Å². The van der Waals surface area contributed by atoms with Gasteiger partial charge in [0.25, 0.3) is 0 Å². The number of nitrogens with two attached hydrogens (primary N) is 2. The summed E-state index contributed by atoms with van der Waals surface area (Å²) >= 11 is 0. The molecule has 4 nitrogen and oxygen atoms in total. The quantitative estimate of drug-likeness (QED) is 0.384. The lowest BCUT2D eigenvalue weighted by Gasteiger charge is -2.28. The molecule has 4 heteroatoms. The Morgan fingerprint density at radius 2 is 2.00 bits per heavy atom. The van der Waals surface area contributed by atoms with Crippen LogP contribution in [-0.2, 0) is 9.47 Å². The molecule has 0 amide bonds. The van der Waals surface area contributed by atoms with E-state index in [0.717, 1.165) is 0 Å². The van der Waals surface area contributed by atoms with E-state index in [4.69, 9.17) is 20.9 Å². The molecule has 1 aliphatic rings. The Hall–Kier alpha value is -0.160. The van der Waals surface area contributed by atoms with Crippen molar-refractivity contribution in [3.05, 3.63) is 0 Å². The van der Waals surface area contributed by atoms with Gasteiger partial charge in [-0.05, 0) is 0 Å². The summed E-state index contributed by atoms with van der Waals surface area (Å²) in [5.74, 6) is -1.04. The molecule has 0 saturated carbocycles. The van der Waals surface area contributed by atoms with Crippen molar-refractivity contribution in [2.45, 2.75) is 5.85 Å². The van der Waals surface area contributed by atoms with Crippen molar-refractivity contribution in [2.24, 2.45) is 11.5 Å². The molecular weight excluding hydrogens is 108 g/mol. The zero-order valence-corrected chi connectivity index (χ0v) is 4.59. The molecule has 0 aliphatic carbocycles. The van der Waals surface area contributed by atoms with Crippen molar-refractivity contribution in [3.63, 3.8) is 0 Å². The molecule has 0 spiro atoms. The standard InChI is InChI=1S/C4H10N2O2/c5-4(6)3-7-1-2-8-4/h1-3,5-6H2. The van der Waals surface area contributed by atoms with Crippen LogP contribution in [0.5, 0.6) is 0 Å². The smallest absolute Gasteiger partial charge is 0.193 e. The molecule has 1 rings (SSSR count). The zero-order chi connectivity index (χ0) is 6.04. The number of hydrogen-bond acceptors (Lipinski definition) is 4. The van der Waals surface area contributed by atoms with Gasteiger partial charge in [-0.1, -0.05) is 0 Å². The molecule has 0 aromatic carbocycles. The molecule has 0 atom stereocenters. The van der Waals surface area contributed by atoms with Crippen molar-refractivity contribution in [1.29, 1.82) is 0 Å². The van der Waals surface area contributed by atoms with Gasteiger partial charge in [0.05, 0.1) is 13.2 Å². The molecule has 4 N–H and O–H groups in total. The van der Waals surface area contributed by atoms with Crippen LogP contribution in [0.1, 0.15) is 0 Å². The lowest BCUT2D eigenvalue weighted by molar-refractivity contribution is -0.150. The third-order valence-electron chi connectivity index (χ3n) is 0.926. The number of ether oxygens (including phenoxy) is 2. The summed E-state index contributed by atoms with van der Waals surface area (Å²) in [6.45, 7) is 1.37. The summed E-state index contributed by atoms with van der Waals surface area (Å²) in [4.78, 5) is 0. The van der Waals surface area contributed by atoms with Crippen LogP contribution in [-0.4, -0.2) is 25.7 Å². The van der Waals surface area contributed by atoms with Crippen molar-refractivity contribution >= 4 is 0 Å². The van der Waals surface area contributed by atoms with E-state index in [2.05, 4.69) is 0 Å². The van der Waals surface area contributed by atoms with E-state index in [0.29, 0.717) is 13.2 Å². The van der Waals surface area contributed by atoms with Gasteiger partial charge >= 0.3 is 0 Å². The monoisotopic (exact) mass is 118 g/mol. The van der Waals surface area contributed by atoms with Crippen LogP contribution >= 0.6 is 0 Å². The molecule has 1 fully saturated rings. The highest BCUT2D eigenvalue weighted by molar-refractivity contribution is 4.65. The first-order chi connectivity index (χ1) is 3.71. The van der Waals surface area contributed by atoms with E-state index in [1.165, 1.54) is 0 Å². The fourth-order valence-corrected chi connectivity index (χ4v) is 0.564. The van der Waals surface area contributed by atoms with Gasteiger partial charge in [0.2, 0.25) is 0 Å². The molecular formula is C4H10N2O2. The van der Waals surface area contributed by atoms with Crippen LogP contribution in [0.25, 0.3) is 0 Å². The summed E-state index contributed by atoms with van der Waals surface area (Å²) in [6.07, 6.45) is 0. The molecule has 8 heavy (non-hydrogen) atoms. The van der Waals surface area contributed by atoms with E-state index in [-0.39, 0.29) is 6.61 Å². The Morgan fingerprint density at radius 1 is 1.25 bits per heavy atom. The fraction of sp³-hybridized carbons (Fsp3) is 1.00. The van der Waals surface area contributed by atoms with Crippen molar-refractivity contribution in [1.82, 2.24) is 0 Å². The normalized spacial score (nSPS) is 27.8. The highest BCUT2D eigenvalue weighted by Gasteiger charge is 2.23. The van der Waals surface area contributed by atoms with Crippen molar-refractivity contribution < 1.29 is 9.47 Å². The molecule has 1 saturated heterocycles. The van der Waals surface area contributed by atoms with E-state index in [1.54, 1.807) is 0 Å². The second kappa shape index (κ2) is 1.99. The lowest BCUT2D eigenvalue weighted by Crippen LogP contribution is -2.58. The maximum atomic E-state index is 5.31. The molecule has 0 bridgehead atoms. The summed E-state index contributed by atoms with van der Waals surface area (Å²) in [5.41, 5.74) is 10.6. The summed E-state index contributed by atoms with van der Waals surface area (Å²) < 4.78 is 9.81. The van der Waals surface area contributed by atoms with Gasteiger partial charge in [-0.25, -0.2) is 0 Å². The second-order valence-electron chi connectivity index (χ2n) is 1.86. The zero-order valence-electron chi connectivity index (χ0n) is 4.59. The first kappa shape index (κ1) is 5.97. The third-order valence-corrected chi connectivity index (χ3v) is 0.926. The molecule has 1 heterocycles. The number of rotatable bonds is 0. The van der Waals surface area contributed by atoms with Gasteiger partial charge in [0, 0.05) is 0 Å².